The van der Waals surface area contributed by atoms with Gasteiger partial charge in [0.05, 0.1) is 22.4 Å². The summed E-state index contributed by atoms with van der Waals surface area (Å²) in [6.07, 6.45) is 22.9. The zero-order valence-corrected chi connectivity index (χ0v) is 24.4. The Morgan fingerprint density at radius 3 is 1.62 bits per heavy atom. The first-order valence-corrected chi connectivity index (χ1v) is 14.0. The van der Waals surface area contributed by atoms with Crippen LogP contribution in [0.4, 0.5) is 11.4 Å². The number of anilines is 2. The minimum absolute atomic E-state index is 0. The van der Waals surface area contributed by atoms with Gasteiger partial charge < -0.3 is 15.2 Å². The number of fused-ring (bicyclic) bond motifs is 1. The predicted molar refractivity (Wildman–Crippen MR) is 130 cm³/mol. The first-order valence-electron chi connectivity index (χ1n) is 12.6. The van der Waals surface area contributed by atoms with Gasteiger partial charge in [-0.2, -0.15) is 0 Å². The number of benzene rings is 1. The maximum absolute atomic E-state index is 11.1. The van der Waals surface area contributed by atoms with Gasteiger partial charge in [0.25, 0.3) is 0 Å². The van der Waals surface area contributed by atoms with Crippen molar-refractivity contribution >= 4 is 21.5 Å². The molecule has 0 fully saturated rings. The molecule has 1 aromatic carbocycles. The molecule has 178 valence electrons. The second-order valence-corrected chi connectivity index (χ2v) is 10.5. The van der Waals surface area contributed by atoms with E-state index in [9.17, 15) is 13.0 Å². The van der Waals surface area contributed by atoms with E-state index < -0.39 is 10.1 Å². The largest absolute Gasteiger partial charge is 1.00 e. The zero-order valence-electron chi connectivity index (χ0n) is 20.5. The molecule has 0 radical (unpaired) electrons. The van der Waals surface area contributed by atoms with Gasteiger partial charge in [0.1, 0.15) is 10.1 Å². The van der Waals surface area contributed by atoms with Crippen molar-refractivity contribution in [3.8, 4) is 0 Å². The third-order valence-corrected chi connectivity index (χ3v) is 7.12. The van der Waals surface area contributed by atoms with Crippen LogP contribution >= 0.6 is 0 Å². The first kappa shape index (κ1) is 30.4. The van der Waals surface area contributed by atoms with Crippen molar-refractivity contribution in [2.45, 2.75) is 127 Å². The molecule has 1 aromatic rings. The Hall–Kier alpha value is 0.366. The maximum atomic E-state index is 11.1. The van der Waals surface area contributed by atoms with Crippen LogP contribution in [0.2, 0.25) is 0 Å². The molecule has 1 aliphatic rings. The summed E-state index contributed by atoms with van der Waals surface area (Å²) in [5.41, 5.74) is 1.58. The summed E-state index contributed by atoms with van der Waals surface area (Å²) in [6.45, 7) is 2.27. The van der Waals surface area contributed by atoms with Gasteiger partial charge in [0.15, 0.2) is 0 Å². The van der Waals surface area contributed by atoms with E-state index in [4.69, 9.17) is 0 Å². The number of unbranched alkanes of at least 4 members (excludes halogenated alkanes) is 15. The molecule has 1 heterocycles. The Labute approximate surface area is 239 Å². The number of hydrogen-bond donors (Lipinski definition) is 2. The Kier molecular flexibility index (Phi) is 16.9. The fraction of sp³-hybridized carbons (Fsp3) is 0.760. The van der Waals surface area contributed by atoms with Crippen molar-refractivity contribution in [3.05, 3.63) is 18.2 Å². The minimum atomic E-state index is -4.40. The molecular weight excluding hydrogens is 447 g/mol. The summed E-state index contributed by atoms with van der Waals surface area (Å²) in [5, 5.41) is 6.64. The molecule has 1 unspecified atom stereocenters. The van der Waals surface area contributed by atoms with Gasteiger partial charge in [-0.1, -0.05) is 103 Å². The Bertz CT molecular complexity index is 728. The van der Waals surface area contributed by atoms with E-state index in [1.807, 2.05) is 0 Å². The molecule has 5 nitrogen and oxygen atoms in total. The van der Waals surface area contributed by atoms with Gasteiger partial charge >= 0.3 is 51.4 Å². The van der Waals surface area contributed by atoms with Crippen LogP contribution in [0.25, 0.3) is 0 Å². The summed E-state index contributed by atoms with van der Waals surface area (Å²) in [7, 11) is -4.40. The molecular formula is C25H43KN2O3S. The van der Waals surface area contributed by atoms with Gasteiger partial charge in [-0.25, -0.2) is 8.42 Å². The van der Waals surface area contributed by atoms with Crippen LogP contribution in [-0.2, 0) is 10.1 Å². The predicted octanol–water partition coefficient (Wildman–Crippen LogP) is 4.41. The third-order valence-electron chi connectivity index (χ3n) is 6.29. The monoisotopic (exact) mass is 490 g/mol. The second kappa shape index (κ2) is 17.8. The quantitative estimate of drug-likeness (QED) is 0.181. The van der Waals surface area contributed by atoms with Crippen molar-refractivity contribution in [2.24, 2.45) is 0 Å². The van der Waals surface area contributed by atoms with E-state index in [1.165, 1.54) is 108 Å². The SMILES string of the molecule is CCCCCCCCCCCCCCCCCCC1Nc2ccc(S(=O)(=O)[O-])cc2N1.[K+]. The van der Waals surface area contributed by atoms with E-state index in [2.05, 4.69) is 17.6 Å². The fourth-order valence-corrected chi connectivity index (χ4v) is 4.87. The molecule has 0 amide bonds. The average molecular weight is 491 g/mol. The van der Waals surface area contributed by atoms with Gasteiger partial charge in [-0.3, -0.25) is 0 Å². The van der Waals surface area contributed by atoms with Gasteiger partial charge in [-0.05, 0) is 31.0 Å². The molecule has 7 heteroatoms. The van der Waals surface area contributed by atoms with Crippen LogP contribution in [-0.4, -0.2) is 19.1 Å². The topological polar surface area (TPSA) is 81.3 Å². The van der Waals surface area contributed by atoms with Crippen LogP contribution in [0.5, 0.6) is 0 Å². The first-order chi connectivity index (χ1) is 15.0. The van der Waals surface area contributed by atoms with Crippen molar-refractivity contribution < 1.29 is 64.4 Å². The minimum Gasteiger partial charge on any atom is -0.744 e. The molecule has 1 aliphatic heterocycles. The summed E-state index contributed by atoms with van der Waals surface area (Å²) in [5.74, 6) is 0. The summed E-state index contributed by atoms with van der Waals surface area (Å²) in [4.78, 5) is -0.177. The summed E-state index contributed by atoms with van der Waals surface area (Å²) >= 11 is 0. The zero-order chi connectivity index (χ0) is 22.4. The number of nitrogens with one attached hydrogen (secondary N) is 2. The molecule has 0 aromatic heterocycles. The van der Waals surface area contributed by atoms with E-state index in [0.29, 0.717) is 5.69 Å². The third kappa shape index (κ3) is 12.7. The van der Waals surface area contributed by atoms with Gasteiger partial charge in [-0.15, -0.1) is 0 Å². The Balaban J connectivity index is 0.00000512. The second-order valence-electron chi connectivity index (χ2n) is 9.09. The standard InChI is InChI=1S/C25H44N2O3S.K/c1-2-3-4-5-6-7-8-9-10-11-12-13-14-15-16-17-18-25-26-23-20-19-22(31(28,29)30)21-24(23)27-25;/h19-21,25-27H,2-18H2,1H3,(H,28,29,30);/q;+1/p-1. The van der Waals surface area contributed by atoms with Crippen molar-refractivity contribution in [2.75, 3.05) is 10.6 Å². The molecule has 2 N–H and O–H groups in total. The van der Waals surface area contributed by atoms with Crippen LogP contribution in [0.3, 0.4) is 0 Å². The van der Waals surface area contributed by atoms with Crippen molar-refractivity contribution in [1.29, 1.82) is 0 Å². The average Bonchev–Trinajstić information content (AvgIpc) is 3.15. The summed E-state index contributed by atoms with van der Waals surface area (Å²) in [6, 6.07) is 4.46. The van der Waals surface area contributed by atoms with E-state index in [0.717, 1.165) is 18.5 Å². The molecule has 0 saturated carbocycles. The fourth-order valence-electron chi connectivity index (χ4n) is 4.38. The molecule has 1 atom stereocenters. The van der Waals surface area contributed by atoms with Crippen molar-refractivity contribution in [1.82, 2.24) is 0 Å². The molecule has 0 aliphatic carbocycles. The van der Waals surface area contributed by atoms with Crippen molar-refractivity contribution in [3.63, 3.8) is 0 Å². The molecule has 0 saturated heterocycles. The van der Waals surface area contributed by atoms with Crippen LogP contribution < -0.4 is 62.0 Å². The molecule has 32 heavy (non-hydrogen) atoms. The van der Waals surface area contributed by atoms with Crippen LogP contribution in [0.15, 0.2) is 23.1 Å². The molecule has 0 spiro atoms. The number of rotatable bonds is 18. The summed E-state index contributed by atoms with van der Waals surface area (Å²) < 4.78 is 33.4. The molecule has 0 bridgehead atoms. The Morgan fingerprint density at radius 1 is 0.719 bits per heavy atom. The molecule has 2 rings (SSSR count). The van der Waals surface area contributed by atoms with E-state index in [1.54, 1.807) is 6.07 Å². The maximum Gasteiger partial charge on any atom is 1.00 e. The van der Waals surface area contributed by atoms with E-state index >= 15 is 0 Å². The van der Waals surface area contributed by atoms with Crippen LogP contribution in [0, 0.1) is 0 Å². The van der Waals surface area contributed by atoms with Gasteiger partial charge in [0.2, 0.25) is 0 Å². The normalized spacial score (nSPS) is 15.0. The van der Waals surface area contributed by atoms with E-state index in [-0.39, 0.29) is 62.4 Å². The van der Waals surface area contributed by atoms with Gasteiger partial charge in [0, 0.05) is 0 Å². The Morgan fingerprint density at radius 2 is 1.16 bits per heavy atom. The smallest absolute Gasteiger partial charge is 0.744 e. The number of hydrogen-bond acceptors (Lipinski definition) is 5. The van der Waals surface area contributed by atoms with Crippen LogP contribution in [0.1, 0.15) is 116 Å².